The summed E-state index contributed by atoms with van der Waals surface area (Å²) in [6.45, 7) is 1.51. The third-order valence-corrected chi connectivity index (χ3v) is 2.60. The van der Waals surface area contributed by atoms with E-state index in [9.17, 15) is 0 Å². The minimum absolute atomic E-state index is 0.746. The van der Waals surface area contributed by atoms with Crippen LogP contribution in [0.15, 0.2) is 35.1 Å². The molecule has 0 amide bonds. The van der Waals surface area contributed by atoms with Crippen molar-refractivity contribution < 1.29 is 0 Å². The molecule has 2 aromatic heterocycles. The summed E-state index contributed by atoms with van der Waals surface area (Å²) in [5, 5.41) is 7.58. The molecule has 0 aliphatic heterocycles. The van der Waals surface area contributed by atoms with Crippen molar-refractivity contribution in [3.8, 4) is 0 Å². The van der Waals surface area contributed by atoms with Crippen molar-refractivity contribution in [1.29, 1.82) is 0 Å². The molecule has 0 aliphatic carbocycles. The normalized spacial score (nSPS) is 10.6. The van der Waals surface area contributed by atoms with Gasteiger partial charge in [0.25, 0.3) is 0 Å². The van der Waals surface area contributed by atoms with E-state index in [1.54, 1.807) is 4.68 Å². The Morgan fingerprint density at radius 3 is 2.75 bits per heavy atom. The second-order valence-electron chi connectivity index (χ2n) is 3.54. The fraction of sp³-hybridized carbons (Fsp3) is 0.273. The first-order valence-electron chi connectivity index (χ1n) is 5.05. The lowest BCUT2D eigenvalue weighted by Crippen LogP contribution is -2.14. The quantitative estimate of drug-likeness (QED) is 0.870. The van der Waals surface area contributed by atoms with Crippen LogP contribution in [-0.4, -0.2) is 14.8 Å². The zero-order valence-electron chi connectivity index (χ0n) is 9.02. The highest BCUT2D eigenvalue weighted by Crippen LogP contribution is 2.06. The van der Waals surface area contributed by atoms with E-state index in [0.29, 0.717) is 0 Å². The first kappa shape index (κ1) is 11.3. The molecule has 5 heteroatoms. The lowest BCUT2D eigenvalue weighted by Gasteiger charge is -2.02. The molecule has 84 valence electrons. The summed E-state index contributed by atoms with van der Waals surface area (Å²) in [7, 11) is 1.92. The van der Waals surface area contributed by atoms with E-state index in [4.69, 9.17) is 0 Å². The largest absolute Gasteiger partial charge is 0.305 e. The van der Waals surface area contributed by atoms with Crippen molar-refractivity contribution in [2.75, 3.05) is 0 Å². The molecule has 0 unspecified atom stereocenters. The molecule has 0 spiro atoms. The van der Waals surface area contributed by atoms with Crippen molar-refractivity contribution in [3.05, 3.63) is 46.5 Å². The van der Waals surface area contributed by atoms with E-state index in [1.165, 1.54) is 0 Å². The van der Waals surface area contributed by atoms with E-state index in [-0.39, 0.29) is 0 Å². The molecule has 0 radical (unpaired) electrons. The summed E-state index contributed by atoms with van der Waals surface area (Å²) in [6.07, 6.45) is 1.94. The van der Waals surface area contributed by atoms with Crippen LogP contribution in [0.25, 0.3) is 0 Å². The van der Waals surface area contributed by atoms with Crippen LogP contribution in [0.4, 0.5) is 0 Å². The zero-order chi connectivity index (χ0) is 11.4. The van der Waals surface area contributed by atoms with E-state index in [0.717, 1.165) is 29.1 Å². The molecule has 0 aromatic carbocycles. The molecule has 0 atom stereocenters. The van der Waals surface area contributed by atoms with Gasteiger partial charge < -0.3 is 5.32 Å². The van der Waals surface area contributed by atoms with Crippen LogP contribution < -0.4 is 5.32 Å². The monoisotopic (exact) mass is 280 g/mol. The van der Waals surface area contributed by atoms with Crippen molar-refractivity contribution >= 4 is 15.9 Å². The Morgan fingerprint density at radius 1 is 1.25 bits per heavy atom. The number of pyridine rings is 1. The second kappa shape index (κ2) is 5.23. The molecule has 0 saturated carbocycles. The van der Waals surface area contributed by atoms with Crippen molar-refractivity contribution in [2.45, 2.75) is 13.1 Å². The summed E-state index contributed by atoms with van der Waals surface area (Å²) in [5.74, 6) is 0. The maximum absolute atomic E-state index is 4.34. The van der Waals surface area contributed by atoms with Gasteiger partial charge >= 0.3 is 0 Å². The summed E-state index contributed by atoms with van der Waals surface area (Å²) < 4.78 is 2.67. The summed E-state index contributed by atoms with van der Waals surface area (Å²) in [5.41, 5.74) is 2.06. The number of rotatable bonds is 4. The minimum Gasteiger partial charge on any atom is -0.305 e. The van der Waals surface area contributed by atoms with Gasteiger partial charge in [-0.15, -0.1) is 0 Å². The second-order valence-corrected chi connectivity index (χ2v) is 4.35. The number of nitrogens with one attached hydrogen (secondary N) is 1. The van der Waals surface area contributed by atoms with Crippen molar-refractivity contribution in [1.82, 2.24) is 20.1 Å². The average molecular weight is 281 g/mol. The highest BCUT2D eigenvalue weighted by molar-refractivity contribution is 9.10. The predicted molar refractivity (Wildman–Crippen MR) is 65.7 cm³/mol. The van der Waals surface area contributed by atoms with Crippen LogP contribution >= 0.6 is 15.9 Å². The lowest BCUT2D eigenvalue weighted by molar-refractivity contribution is 0.647. The fourth-order valence-electron chi connectivity index (χ4n) is 1.42. The van der Waals surface area contributed by atoms with Gasteiger partial charge in [-0.1, -0.05) is 6.07 Å². The smallest absolute Gasteiger partial charge is 0.106 e. The zero-order valence-corrected chi connectivity index (χ0v) is 10.6. The number of aryl methyl sites for hydroxylation is 1. The third-order valence-electron chi connectivity index (χ3n) is 2.15. The number of aromatic nitrogens is 3. The molecule has 4 nitrogen and oxygen atoms in total. The first-order chi connectivity index (χ1) is 7.74. The van der Waals surface area contributed by atoms with E-state index in [1.807, 2.05) is 37.5 Å². The molecule has 0 bridgehead atoms. The molecule has 2 aromatic rings. The Balaban J connectivity index is 1.84. The predicted octanol–water partition coefficient (Wildman–Crippen LogP) is 1.87. The fourth-order valence-corrected chi connectivity index (χ4v) is 1.81. The molecule has 0 fully saturated rings. The van der Waals surface area contributed by atoms with Crippen molar-refractivity contribution in [3.63, 3.8) is 0 Å². The molecule has 2 heterocycles. The van der Waals surface area contributed by atoms with Gasteiger partial charge in [0.1, 0.15) is 4.60 Å². The van der Waals surface area contributed by atoms with Gasteiger partial charge in [-0.2, -0.15) is 5.10 Å². The van der Waals surface area contributed by atoms with Crippen LogP contribution in [0.2, 0.25) is 0 Å². The molecule has 0 aliphatic rings. The maximum atomic E-state index is 4.34. The van der Waals surface area contributed by atoms with Crippen LogP contribution in [0, 0.1) is 0 Å². The van der Waals surface area contributed by atoms with Gasteiger partial charge in [-0.3, -0.25) is 4.68 Å². The Morgan fingerprint density at radius 2 is 2.06 bits per heavy atom. The van der Waals surface area contributed by atoms with Crippen LogP contribution in [0.1, 0.15) is 11.4 Å². The summed E-state index contributed by atoms with van der Waals surface area (Å²) >= 11 is 3.35. The van der Waals surface area contributed by atoms with Crippen LogP contribution in [0.5, 0.6) is 0 Å². The molecule has 1 N–H and O–H groups in total. The van der Waals surface area contributed by atoms with Crippen LogP contribution in [-0.2, 0) is 20.1 Å². The Hall–Kier alpha value is -1.20. The van der Waals surface area contributed by atoms with E-state index >= 15 is 0 Å². The van der Waals surface area contributed by atoms with Crippen LogP contribution in [0.3, 0.4) is 0 Å². The highest BCUT2D eigenvalue weighted by Gasteiger charge is 1.98. The van der Waals surface area contributed by atoms with E-state index in [2.05, 4.69) is 31.3 Å². The van der Waals surface area contributed by atoms with Crippen molar-refractivity contribution in [2.24, 2.45) is 7.05 Å². The molecule has 16 heavy (non-hydrogen) atoms. The van der Waals surface area contributed by atoms with Gasteiger partial charge in [0.05, 0.1) is 11.4 Å². The minimum atomic E-state index is 0.746. The number of hydrogen-bond acceptors (Lipinski definition) is 3. The highest BCUT2D eigenvalue weighted by atomic mass is 79.9. The molecular weight excluding hydrogens is 268 g/mol. The molecule has 0 saturated heterocycles. The molecular formula is C11H13BrN4. The summed E-state index contributed by atoms with van der Waals surface area (Å²) in [6, 6.07) is 7.90. The van der Waals surface area contributed by atoms with Gasteiger partial charge in [-0.05, 0) is 34.1 Å². The van der Waals surface area contributed by atoms with E-state index < -0.39 is 0 Å². The van der Waals surface area contributed by atoms with Gasteiger partial charge in [0.15, 0.2) is 0 Å². The number of halogens is 1. The Bertz CT molecular complexity index is 467. The van der Waals surface area contributed by atoms with Gasteiger partial charge in [0, 0.05) is 26.3 Å². The third kappa shape index (κ3) is 3.15. The Kier molecular flexibility index (Phi) is 3.69. The lowest BCUT2D eigenvalue weighted by atomic mass is 10.3. The van der Waals surface area contributed by atoms with Gasteiger partial charge in [-0.25, -0.2) is 4.98 Å². The summed E-state index contributed by atoms with van der Waals surface area (Å²) in [4.78, 5) is 4.34. The molecule has 2 rings (SSSR count). The number of nitrogens with zero attached hydrogens (tertiary/aromatic N) is 3. The SMILES string of the molecule is Cn1ccc(CNCc2cccc(Br)n2)n1. The van der Waals surface area contributed by atoms with Gasteiger partial charge in [0.2, 0.25) is 0 Å². The number of hydrogen-bond donors (Lipinski definition) is 1. The maximum Gasteiger partial charge on any atom is 0.106 e. The first-order valence-corrected chi connectivity index (χ1v) is 5.84. The average Bonchev–Trinajstić information content (AvgIpc) is 2.64. The topological polar surface area (TPSA) is 42.7 Å². The Labute approximate surface area is 103 Å². The standard InChI is InChI=1S/C11H13BrN4/c1-16-6-5-10(15-16)8-13-7-9-3-2-4-11(12)14-9/h2-6,13H,7-8H2,1H3.